The molecule has 1 fully saturated rings. The normalized spacial score (nSPS) is 15.6. The molecule has 2 heterocycles. The average molecular weight is 510 g/mol. The van der Waals surface area contributed by atoms with Crippen molar-refractivity contribution >= 4 is 35.6 Å². The monoisotopic (exact) mass is 510 g/mol. The molecule has 0 aromatic heterocycles. The van der Waals surface area contributed by atoms with Gasteiger partial charge in [-0.15, -0.1) is 24.0 Å². The molecular weight excluding hydrogens is 483 g/mol. The highest BCUT2D eigenvalue weighted by Crippen LogP contribution is 2.32. The fourth-order valence-electron chi connectivity index (χ4n) is 3.41. The van der Waals surface area contributed by atoms with E-state index in [1.54, 1.807) is 7.05 Å². The van der Waals surface area contributed by atoms with Crippen molar-refractivity contribution in [3.63, 3.8) is 0 Å². The molecule has 0 spiro atoms. The number of anilines is 1. The predicted octanol–water partition coefficient (Wildman–Crippen LogP) is 2.74. The number of guanidine groups is 1. The molecule has 0 atom stereocenters. The minimum Gasteiger partial charge on any atom is -0.454 e. The van der Waals surface area contributed by atoms with Crippen LogP contribution >= 0.6 is 24.0 Å². The van der Waals surface area contributed by atoms with Crippen molar-refractivity contribution in [3.8, 4) is 11.5 Å². The molecule has 0 radical (unpaired) electrons. The van der Waals surface area contributed by atoms with Gasteiger partial charge in [-0.1, -0.05) is 24.3 Å². The highest BCUT2D eigenvalue weighted by Gasteiger charge is 2.15. The van der Waals surface area contributed by atoms with Crippen molar-refractivity contribution in [1.29, 1.82) is 0 Å². The zero-order chi connectivity index (χ0) is 19.2. The summed E-state index contributed by atoms with van der Waals surface area (Å²) in [6.45, 7) is 5.05. The summed E-state index contributed by atoms with van der Waals surface area (Å²) in [6.07, 6.45) is 0. The lowest BCUT2D eigenvalue weighted by atomic mass is 10.1. The van der Waals surface area contributed by atoms with E-state index in [4.69, 9.17) is 14.2 Å². The number of benzene rings is 2. The largest absolute Gasteiger partial charge is 0.454 e. The summed E-state index contributed by atoms with van der Waals surface area (Å²) < 4.78 is 16.3. The van der Waals surface area contributed by atoms with Crippen molar-refractivity contribution in [1.82, 2.24) is 10.6 Å². The van der Waals surface area contributed by atoms with E-state index in [1.807, 2.05) is 18.2 Å². The molecule has 2 aliphatic heterocycles. The van der Waals surface area contributed by atoms with Crippen molar-refractivity contribution in [2.45, 2.75) is 13.1 Å². The molecule has 4 rings (SSSR count). The molecule has 7 nitrogen and oxygen atoms in total. The summed E-state index contributed by atoms with van der Waals surface area (Å²) in [6, 6.07) is 14.4. The highest BCUT2D eigenvalue weighted by atomic mass is 127. The molecule has 0 bridgehead atoms. The molecule has 2 aromatic rings. The third kappa shape index (κ3) is 5.45. The number of ether oxygens (including phenoxy) is 3. The number of aliphatic imine (C=N–C) groups is 1. The molecule has 8 heteroatoms. The van der Waals surface area contributed by atoms with E-state index in [2.05, 4.69) is 44.8 Å². The van der Waals surface area contributed by atoms with E-state index >= 15 is 0 Å². The van der Waals surface area contributed by atoms with Crippen molar-refractivity contribution in [2.75, 3.05) is 45.0 Å². The first kappa shape index (κ1) is 21.5. The van der Waals surface area contributed by atoms with Crippen LogP contribution in [-0.2, 0) is 17.8 Å². The van der Waals surface area contributed by atoms with Gasteiger partial charge in [0.15, 0.2) is 17.5 Å². The van der Waals surface area contributed by atoms with Gasteiger partial charge in [-0.2, -0.15) is 0 Å². The van der Waals surface area contributed by atoms with Gasteiger partial charge in [0, 0.05) is 38.9 Å². The highest BCUT2D eigenvalue weighted by molar-refractivity contribution is 14.0. The standard InChI is InChI=1S/C21H26N4O3.HI/c1-22-21(23-13-16-6-7-19-20(12-16)28-15-27-19)24-14-17-4-2-3-5-18(17)25-8-10-26-11-9-25;/h2-7,12H,8-11,13-15H2,1H3,(H2,22,23,24);1H. The summed E-state index contributed by atoms with van der Waals surface area (Å²) in [4.78, 5) is 6.72. The number of morpholine rings is 1. The van der Waals surface area contributed by atoms with Crippen LogP contribution in [0.25, 0.3) is 0 Å². The van der Waals surface area contributed by atoms with Crippen LogP contribution in [0.5, 0.6) is 11.5 Å². The number of rotatable bonds is 5. The Kier molecular flexibility index (Phi) is 7.82. The molecule has 0 amide bonds. The number of hydrogen-bond donors (Lipinski definition) is 2. The molecule has 29 heavy (non-hydrogen) atoms. The Morgan fingerprint density at radius 2 is 1.76 bits per heavy atom. The molecule has 0 saturated carbocycles. The van der Waals surface area contributed by atoms with Gasteiger partial charge in [0.2, 0.25) is 6.79 Å². The van der Waals surface area contributed by atoms with Gasteiger partial charge in [-0.05, 0) is 29.3 Å². The first-order chi connectivity index (χ1) is 13.8. The molecule has 2 aromatic carbocycles. The van der Waals surface area contributed by atoms with E-state index < -0.39 is 0 Å². The van der Waals surface area contributed by atoms with Crippen LogP contribution in [0.2, 0.25) is 0 Å². The van der Waals surface area contributed by atoms with E-state index in [0.717, 1.165) is 49.3 Å². The summed E-state index contributed by atoms with van der Waals surface area (Å²) in [5, 5.41) is 6.77. The van der Waals surface area contributed by atoms with Gasteiger partial charge in [-0.3, -0.25) is 4.99 Å². The van der Waals surface area contributed by atoms with Crippen molar-refractivity contribution < 1.29 is 14.2 Å². The quantitative estimate of drug-likeness (QED) is 0.367. The second-order valence-corrected chi connectivity index (χ2v) is 6.70. The Balaban J connectivity index is 0.00000240. The zero-order valence-corrected chi connectivity index (χ0v) is 18.8. The Morgan fingerprint density at radius 1 is 1.00 bits per heavy atom. The Bertz CT molecular complexity index is 840. The lowest BCUT2D eigenvalue weighted by Gasteiger charge is -2.30. The average Bonchev–Trinajstić information content (AvgIpc) is 3.23. The van der Waals surface area contributed by atoms with Crippen LogP contribution in [0.15, 0.2) is 47.5 Å². The Hall–Kier alpha value is -2.20. The van der Waals surface area contributed by atoms with E-state index in [-0.39, 0.29) is 30.8 Å². The fourth-order valence-corrected chi connectivity index (χ4v) is 3.41. The predicted molar refractivity (Wildman–Crippen MR) is 124 cm³/mol. The van der Waals surface area contributed by atoms with Gasteiger partial charge in [0.1, 0.15) is 0 Å². The van der Waals surface area contributed by atoms with Gasteiger partial charge in [0.25, 0.3) is 0 Å². The summed E-state index contributed by atoms with van der Waals surface area (Å²) >= 11 is 0. The van der Waals surface area contributed by atoms with Gasteiger partial charge in [-0.25, -0.2) is 0 Å². The van der Waals surface area contributed by atoms with Gasteiger partial charge < -0.3 is 29.7 Å². The molecule has 0 aliphatic carbocycles. The Labute approximate surface area is 188 Å². The zero-order valence-electron chi connectivity index (χ0n) is 16.5. The number of para-hydroxylation sites is 1. The van der Waals surface area contributed by atoms with Crippen molar-refractivity contribution in [2.24, 2.45) is 4.99 Å². The van der Waals surface area contributed by atoms with Gasteiger partial charge in [0.05, 0.1) is 13.2 Å². The molecule has 0 unspecified atom stereocenters. The van der Waals surface area contributed by atoms with E-state index in [1.165, 1.54) is 11.3 Å². The number of hydrogen-bond acceptors (Lipinski definition) is 5. The summed E-state index contributed by atoms with van der Waals surface area (Å²) in [7, 11) is 1.78. The van der Waals surface area contributed by atoms with E-state index in [0.29, 0.717) is 13.1 Å². The SMILES string of the molecule is CN=C(NCc1ccc2c(c1)OCO2)NCc1ccccc1N1CCOCC1.I. The topological polar surface area (TPSA) is 67.4 Å². The maximum Gasteiger partial charge on any atom is 0.231 e. The first-order valence-corrected chi connectivity index (χ1v) is 9.57. The number of halogens is 1. The second-order valence-electron chi connectivity index (χ2n) is 6.70. The lowest BCUT2D eigenvalue weighted by Crippen LogP contribution is -2.38. The number of fused-ring (bicyclic) bond motifs is 1. The van der Waals surface area contributed by atoms with Crippen LogP contribution in [0.1, 0.15) is 11.1 Å². The fraction of sp³-hybridized carbons (Fsp3) is 0.381. The summed E-state index contributed by atoms with van der Waals surface area (Å²) in [5.41, 5.74) is 3.61. The van der Waals surface area contributed by atoms with Crippen LogP contribution in [0, 0.1) is 0 Å². The maximum atomic E-state index is 5.48. The molecule has 156 valence electrons. The molecular formula is C21H27IN4O3. The molecule has 1 saturated heterocycles. The molecule has 2 aliphatic rings. The van der Waals surface area contributed by atoms with Crippen LogP contribution in [0.3, 0.4) is 0 Å². The summed E-state index contributed by atoms with van der Waals surface area (Å²) in [5.74, 6) is 2.35. The van der Waals surface area contributed by atoms with Gasteiger partial charge >= 0.3 is 0 Å². The third-order valence-corrected chi connectivity index (χ3v) is 4.91. The Morgan fingerprint density at radius 3 is 2.59 bits per heavy atom. The van der Waals surface area contributed by atoms with Crippen LogP contribution in [-0.4, -0.2) is 46.1 Å². The van der Waals surface area contributed by atoms with Crippen LogP contribution in [0.4, 0.5) is 5.69 Å². The molecule has 2 N–H and O–H groups in total. The number of nitrogens with zero attached hydrogens (tertiary/aromatic N) is 2. The minimum atomic E-state index is 0. The van der Waals surface area contributed by atoms with Crippen LogP contribution < -0.4 is 25.0 Å². The number of nitrogens with one attached hydrogen (secondary N) is 2. The lowest BCUT2D eigenvalue weighted by molar-refractivity contribution is 0.122. The third-order valence-electron chi connectivity index (χ3n) is 4.91. The van der Waals surface area contributed by atoms with E-state index in [9.17, 15) is 0 Å². The second kappa shape index (κ2) is 10.5. The smallest absolute Gasteiger partial charge is 0.231 e. The minimum absolute atomic E-state index is 0. The maximum absolute atomic E-state index is 5.48. The van der Waals surface area contributed by atoms with Crippen molar-refractivity contribution in [3.05, 3.63) is 53.6 Å². The first-order valence-electron chi connectivity index (χ1n) is 9.57.